The summed E-state index contributed by atoms with van der Waals surface area (Å²) in [5, 5.41) is 8.76. The summed E-state index contributed by atoms with van der Waals surface area (Å²) < 4.78 is 0. The number of hydrogen-bond donors (Lipinski definition) is 1. The summed E-state index contributed by atoms with van der Waals surface area (Å²) in [6, 6.07) is 8.47. The van der Waals surface area contributed by atoms with E-state index in [2.05, 4.69) is 4.89 Å². The molecule has 1 aromatic carbocycles. The van der Waals surface area contributed by atoms with Crippen LogP contribution in [0.25, 0.3) is 0 Å². The molecule has 0 atom stereocenters. The summed E-state index contributed by atoms with van der Waals surface area (Å²) in [5.41, 5.74) is -0.633. The van der Waals surface area contributed by atoms with Crippen molar-refractivity contribution < 1.29 is 24.5 Å². The molecule has 0 spiro atoms. The molecule has 102 valence electrons. The number of rotatable bonds is 4. The van der Waals surface area contributed by atoms with Gasteiger partial charge in [-0.3, -0.25) is 4.89 Å². The lowest BCUT2D eigenvalue weighted by molar-refractivity contribution is -0.209. The van der Waals surface area contributed by atoms with Crippen molar-refractivity contribution in [3.63, 3.8) is 0 Å². The Morgan fingerprint density at radius 1 is 1.16 bits per heavy atom. The predicted octanol–water partition coefficient (Wildman–Crippen LogP) is 2.58. The van der Waals surface area contributed by atoms with Gasteiger partial charge in [0.1, 0.15) is 0 Å². The molecule has 1 N–H and O–H groups in total. The molecular formula is C14H16O5. The van der Waals surface area contributed by atoms with Gasteiger partial charge < -0.3 is 5.11 Å². The first-order valence-electron chi connectivity index (χ1n) is 5.69. The molecule has 0 amide bonds. The third-order valence-electron chi connectivity index (χ3n) is 2.25. The molecule has 0 aliphatic rings. The molecule has 1 rings (SSSR count). The first kappa shape index (κ1) is 14.8. The standard InChI is InChI=1S/C14H16O5/c1-14(2,3)11(9-12(15)16)13(17)19-18-10-7-5-4-6-8-10/h4-9H,1-3H3,(H,15,16). The Balaban J connectivity index is 2.77. The van der Waals surface area contributed by atoms with E-state index in [0.717, 1.165) is 6.08 Å². The maximum Gasteiger partial charge on any atom is 0.382 e. The van der Waals surface area contributed by atoms with Gasteiger partial charge in [0.2, 0.25) is 0 Å². The Bertz CT molecular complexity index is 482. The molecule has 0 aliphatic carbocycles. The predicted molar refractivity (Wildman–Crippen MR) is 68.3 cm³/mol. The monoisotopic (exact) mass is 264 g/mol. The Hall–Kier alpha value is -2.30. The Morgan fingerprint density at radius 3 is 2.21 bits per heavy atom. The van der Waals surface area contributed by atoms with Crippen molar-refractivity contribution in [2.45, 2.75) is 20.8 Å². The van der Waals surface area contributed by atoms with Gasteiger partial charge in [0.15, 0.2) is 5.75 Å². The number of para-hydroxylation sites is 1. The Morgan fingerprint density at radius 2 is 1.74 bits per heavy atom. The number of carbonyl (C=O) groups is 2. The van der Waals surface area contributed by atoms with Gasteiger partial charge in [0.05, 0.1) is 5.57 Å². The molecule has 0 saturated carbocycles. The molecule has 5 nitrogen and oxygen atoms in total. The molecule has 0 bridgehead atoms. The zero-order valence-corrected chi connectivity index (χ0v) is 11.0. The van der Waals surface area contributed by atoms with Crippen molar-refractivity contribution >= 4 is 11.9 Å². The maximum absolute atomic E-state index is 11.8. The number of aliphatic carboxylic acids is 1. The molecule has 0 fully saturated rings. The van der Waals surface area contributed by atoms with Crippen molar-refractivity contribution in [2.24, 2.45) is 5.41 Å². The van der Waals surface area contributed by atoms with Gasteiger partial charge in [0.25, 0.3) is 0 Å². The minimum Gasteiger partial charge on any atom is -0.478 e. The molecule has 0 unspecified atom stereocenters. The average Bonchev–Trinajstić information content (AvgIpc) is 2.33. The fourth-order valence-electron chi connectivity index (χ4n) is 1.31. The molecular weight excluding hydrogens is 248 g/mol. The van der Waals surface area contributed by atoms with E-state index in [-0.39, 0.29) is 5.57 Å². The number of carboxylic acids is 1. The number of carboxylic acid groups (broad SMARTS) is 1. The zero-order valence-electron chi connectivity index (χ0n) is 11.0. The highest BCUT2D eigenvalue weighted by atomic mass is 17.2. The molecule has 0 aromatic heterocycles. The van der Waals surface area contributed by atoms with E-state index in [0.29, 0.717) is 5.75 Å². The van der Waals surface area contributed by atoms with Crippen molar-refractivity contribution in [1.29, 1.82) is 0 Å². The second-order valence-electron chi connectivity index (χ2n) is 4.91. The molecule has 0 radical (unpaired) electrons. The van der Waals surface area contributed by atoms with Crippen LogP contribution in [-0.2, 0) is 14.5 Å². The third-order valence-corrected chi connectivity index (χ3v) is 2.25. The van der Waals surface area contributed by atoms with Crippen LogP contribution in [0.15, 0.2) is 42.0 Å². The first-order valence-corrected chi connectivity index (χ1v) is 5.69. The van der Waals surface area contributed by atoms with Gasteiger partial charge in [-0.15, -0.1) is 0 Å². The normalized spacial score (nSPS) is 11.8. The largest absolute Gasteiger partial charge is 0.478 e. The summed E-state index contributed by atoms with van der Waals surface area (Å²) in [6.07, 6.45) is 0.830. The van der Waals surface area contributed by atoms with Gasteiger partial charge in [-0.25, -0.2) is 14.5 Å². The highest BCUT2D eigenvalue weighted by Gasteiger charge is 2.27. The Labute approximate surface area is 111 Å². The third kappa shape index (κ3) is 4.83. The van der Waals surface area contributed by atoms with Crippen LogP contribution in [0.2, 0.25) is 0 Å². The Kier molecular flexibility index (Phi) is 4.69. The van der Waals surface area contributed by atoms with Gasteiger partial charge in [-0.1, -0.05) is 39.0 Å². The van der Waals surface area contributed by atoms with E-state index in [1.807, 2.05) is 0 Å². The van der Waals surface area contributed by atoms with E-state index >= 15 is 0 Å². The first-order chi connectivity index (χ1) is 8.80. The second kappa shape index (κ2) is 6.04. The topological polar surface area (TPSA) is 72.8 Å². The van der Waals surface area contributed by atoms with Crippen LogP contribution >= 0.6 is 0 Å². The fourth-order valence-corrected chi connectivity index (χ4v) is 1.31. The summed E-state index contributed by atoms with van der Waals surface area (Å²) in [5.74, 6) is -1.67. The highest BCUT2D eigenvalue weighted by molar-refractivity contribution is 5.96. The van der Waals surface area contributed by atoms with E-state index in [4.69, 9.17) is 9.99 Å². The van der Waals surface area contributed by atoms with Crippen LogP contribution < -0.4 is 4.89 Å². The maximum atomic E-state index is 11.8. The lowest BCUT2D eigenvalue weighted by Gasteiger charge is -2.20. The number of hydrogen-bond acceptors (Lipinski definition) is 4. The van der Waals surface area contributed by atoms with Crippen LogP contribution in [-0.4, -0.2) is 17.0 Å². The van der Waals surface area contributed by atoms with Crippen molar-refractivity contribution in [3.05, 3.63) is 42.0 Å². The SMILES string of the molecule is CC(C)(C)C(=CC(=O)O)C(=O)OOc1ccccc1. The number of benzene rings is 1. The van der Waals surface area contributed by atoms with Crippen molar-refractivity contribution in [3.8, 4) is 5.75 Å². The fraction of sp³-hybridized carbons (Fsp3) is 0.286. The van der Waals surface area contributed by atoms with Gasteiger partial charge in [0, 0.05) is 6.08 Å². The quantitative estimate of drug-likeness (QED) is 0.514. The average molecular weight is 264 g/mol. The van der Waals surface area contributed by atoms with Crippen LogP contribution in [0.3, 0.4) is 0 Å². The van der Waals surface area contributed by atoms with Crippen molar-refractivity contribution in [1.82, 2.24) is 0 Å². The minimum absolute atomic E-state index is 0.0240. The summed E-state index contributed by atoms with van der Waals surface area (Å²) >= 11 is 0. The van der Waals surface area contributed by atoms with Crippen LogP contribution in [0.1, 0.15) is 20.8 Å². The van der Waals surface area contributed by atoms with Crippen LogP contribution in [0, 0.1) is 5.41 Å². The van der Waals surface area contributed by atoms with Gasteiger partial charge in [-0.05, 0) is 17.5 Å². The zero-order chi connectivity index (χ0) is 14.5. The van der Waals surface area contributed by atoms with Crippen LogP contribution in [0.4, 0.5) is 0 Å². The number of carbonyl (C=O) groups excluding carboxylic acids is 1. The van der Waals surface area contributed by atoms with Gasteiger partial charge >= 0.3 is 11.9 Å². The summed E-state index contributed by atoms with van der Waals surface area (Å²) in [6.45, 7) is 5.14. The molecule has 19 heavy (non-hydrogen) atoms. The minimum atomic E-state index is -1.21. The highest BCUT2D eigenvalue weighted by Crippen LogP contribution is 2.26. The van der Waals surface area contributed by atoms with Crippen LogP contribution in [0.5, 0.6) is 5.75 Å². The molecule has 0 aliphatic heterocycles. The lowest BCUT2D eigenvalue weighted by Crippen LogP contribution is -2.22. The smallest absolute Gasteiger partial charge is 0.382 e. The van der Waals surface area contributed by atoms with Gasteiger partial charge in [-0.2, -0.15) is 0 Å². The lowest BCUT2D eigenvalue weighted by atomic mass is 9.86. The molecule has 1 aromatic rings. The van der Waals surface area contributed by atoms with E-state index in [9.17, 15) is 9.59 Å². The summed E-state index contributed by atoms with van der Waals surface area (Å²) in [4.78, 5) is 32.0. The van der Waals surface area contributed by atoms with E-state index < -0.39 is 17.4 Å². The molecule has 0 heterocycles. The van der Waals surface area contributed by atoms with Crippen molar-refractivity contribution in [2.75, 3.05) is 0 Å². The molecule has 5 heteroatoms. The van der Waals surface area contributed by atoms with E-state index in [1.54, 1.807) is 51.1 Å². The van der Waals surface area contributed by atoms with E-state index in [1.165, 1.54) is 0 Å². The molecule has 0 saturated heterocycles. The second-order valence-corrected chi connectivity index (χ2v) is 4.91. The summed E-state index contributed by atoms with van der Waals surface area (Å²) in [7, 11) is 0.